The molecule has 1 saturated carbocycles. The Hall–Kier alpha value is -0.820. The molecule has 0 aliphatic heterocycles. The zero-order chi connectivity index (χ0) is 12.7. The van der Waals surface area contributed by atoms with Crippen LogP contribution in [0, 0.1) is 12.3 Å². The third-order valence-electron chi connectivity index (χ3n) is 4.23. The average Bonchev–Trinajstić information content (AvgIpc) is 2.17. The second kappa shape index (κ2) is 4.13. The molecule has 0 radical (unpaired) electrons. The summed E-state index contributed by atoms with van der Waals surface area (Å²) in [5, 5.41) is 10.2. The van der Waals surface area contributed by atoms with Gasteiger partial charge in [-0.2, -0.15) is 0 Å². The Bertz CT molecular complexity index is 386. The topological polar surface area (TPSA) is 20.2 Å². The zero-order valence-electron chi connectivity index (χ0n) is 11.5. The summed E-state index contributed by atoms with van der Waals surface area (Å²) in [5.41, 5.74) is 2.44. The smallest absolute Gasteiger partial charge is 0.0625 e. The molecule has 0 aromatic heterocycles. The molecule has 94 valence electrons. The number of hydrogen-bond donors (Lipinski definition) is 1. The number of rotatable bonds is 1. The van der Waals surface area contributed by atoms with Gasteiger partial charge in [0.05, 0.1) is 5.60 Å². The third kappa shape index (κ3) is 2.71. The van der Waals surface area contributed by atoms with Crippen LogP contribution < -0.4 is 0 Å². The van der Waals surface area contributed by atoms with Gasteiger partial charge >= 0.3 is 0 Å². The molecule has 0 spiro atoms. The lowest BCUT2D eigenvalue weighted by atomic mass is 9.62. The minimum absolute atomic E-state index is 0.178. The summed E-state index contributed by atoms with van der Waals surface area (Å²) in [6.45, 7) is 8.66. The van der Waals surface area contributed by atoms with Gasteiger partial charge < -0.3 is 5.11 Å². The van der Waals surface area contributed by atoms with Crippen LogP contribution in [-0.4, -0.2) is 10.7 Å². The summed E-state index contributed by atoms with van der Waals surface area (Å²) < 4.78 is 0. The lowest BCUT2D eigenvalue weighted by Crippen LogP contribution is -2.40. The largest absolute Gasteiger partial charge is 0.390 e. The molecule has 1 fully saturated rings. The van der Waals surface area contributed by atoms with Crippen molar-refractivity contribution >= 4 is 0 Å². The molecule has 0 saturated heterocycles. The molecule has 0 amide bonds. The number of aliphatic hydroxyl groups is 1. The van der Waals surface area contributed by atoms with Crippen LogP contribution in [0.15, 0.2) is 24.3 Å². The molecule has 2 atom stereocenters. The van der Waals surface area contributed by atoms with E-state index in [1.807, 2.05) is 6.92 Å². The van der Waals surface area contributed by atoms with Gasteiger partial charge in [-0.1, -0.05) is 43.7 Å². The monoisotopic (exact) mass is 232 g/mol. The van der Waals surface area contributed by atoms with E-state index in [0.29, 0.717) is 5.92 Å². The van der Waals surface area contributed by atoms with E-state index in [1.165, 1.54) is 11.1 Å². The predicted octanol–water partition coefficient (Wildman–Crippen LogP) is 4.04. The first-order valence-electron chi connectivity index (χ1n) is 6.59. The number of aryl methyl sites for hydroxylation is 1. The second-order valence-electron chi connectivity index (χ2n) is 6.66. The van der Waals surface area contributed by atoms with E-state index in [1.54, 1.807) is 0 Å². The van der Waals surface area contributed by atoms with Gasteiger partial charge in [0.15, 0.2) is 0 Å². The van der Waals surface area contributed by atoms with Gasteiger partial charge in [-0.3, -0.25) is 0 Å². The van der Waals surface area contributed by atoms with Gasteiger partial charge in [-0.25, -0.2) is 0 Å². The minimum Gasteiger partial charge on any atom is -0.390 e. The van der Waals surface area contributed by atoms with Gasteiger partial charge in [0.1, 0.15) is 0 Å². The summed E-state index contributed by atoms with van der Waals surface area (Å²) in [6.07, 6.45) is 2.89. The minimum atomic E-state index is -0.481. The normalized spacial score (nSPS) is 32.4. The molecular formula is C16H24O. The van der Waals surface area contributed by atoms with Crippen molar-refractivity contribution in [3.63, 3.8) is 0 Å². The zero-order valence-corrected chi connectivity index (χ0v) is 11.5. The summed E-state index contributed by atoms with van der Waals surface area (Å²) >= 11 is 0. The first kappa shape index (κ1) is 12.6. The van der Waals surface area contributed by atoms with Crippen molar-refractivity contribution in [1.82, 2.24) is 0 Å². The maximum absolute atomic E-state index is 10.2. The highest BCUT2D eigenvalue weighted by atomic mass is 16.3. The Morgan fingerprint density at radius 2 is 1.71 bits per heavy atom. The lowest BCUT2D eigenvalue weighted by molar-refractivity contribution is -0.0338. The molecule has 1 aliphatic carbocycles. The molecule has 0 bridgehead atoms. The van der Waals surface area contributed by atoms with Crippen molar-refractivity contribution in [2.24, 2.45) is 5.41 Å². The summed E-state index contributed by atoms with van der Waals surface area (Å²) in [5.74, 6) is 0.573. The highest BCUT2D eigenvalue weighted by molar-refractivity contribution is 5.27. The Morgan fingerprint density at radius 3 is 2.24 bits per heavy atom. The maximum atomic E-state index is 10.2. The quantitative estimate of drug-likeness (QED) is 0.774. The molecule has 0 heterocycles. The first-order valence-corrected chi connectivity index (χ1v) is 6.59. The van der Waals surface area contributed by atoms with Gasteiger partial charge in [-0.15, -0.1) is 0 Å². The van der Waals surface area contributed by atoms with Crippen LogP contribution >= 0.6 is 0 Å². The lowest BCUT2D eigenvalue weighted by Gasteiger charge is -2.45. The maximum Gasteiger partial charge on any atom is 0.0625 e. The molecule has 1 heteroatoms. The van der Waals surface area contributed by atoms with Crippen molar-refractivity contribution in [1.29, 1.82) is 0 Å². The van der Waals surface area contributed by atoms with Gasteiger partial charge in [0.2, 0.25) is 0 Å². The summed E-state index contributed by atoms with van der Waals surface area (Å²) in [4.78, 5) is 0. The van der Waals surface area contributed by atoms with Crippen LogP contribution in [0.4, 0.5) is 0 Å². The standard InChI is InChI=1S/C16H24O/c1-12-5-7-13(8-6-12)14-9-10-16(4,17)11-15(14,2)3/h5-8,14,17H,9-11H2,1-4H3/t14-,16?/m0/s1. The Balaban J connectivity index is 2.25. The Morgan fingerprint density at radius 1 is 1.12 bits per heavy atom. The van der Waals surface area contributed by atoms with Crippen molar-refractivity contribution < 1.29 is 5.11 Å². The Kier molecular flexibility index (Phi) is 3.07. The molecule has 1 unspecified atom stereocenters. The van der Waals surface area contributed by atoms with Crippen molar-refractivity contribution in [2.45, 2.75) is 58.5 Å². The first-order chi connectivity index (χ1) is 7.80. The summed E-state index contributed by atoms with van der Waals surface area (Å²) in [6, 6.07) is 8.89. The fourth-order valence-electron chi connectivity index (χ4n) is 3.46. The third-order valence-corrected chi connectivity index (χ3v) is 4.23. The van der Waals surface area contributed by atoms with E-state index >= 15 is 0 Å². The predicted molar refractivity (Wildman–Crippen MR) is 72.2 cm³/mol. The second-order valence-corrected chi connectivity index (χ2v) is 6.66. The van der Waals surface area contributed by atoms with E-state index in [9.17, 15) is 5.11 Å². The SMILES string of the molecule is Cc1ccc([C@@H]2CCC(C)(O)CC2(C)C)cc1. The van der Waals surface area contributed by atoms with Crippen LogP contribution in [0.25, 0.3) is 0 Å². The molecule has 1 aromatic rings. The highest BCUT2D eigenvalue weighted by Gasteiger charge is 2.42. The van der Waals surface area contributed by atoms with Crippen LogP contribution in [0.5, 0.6) is 0 Å². The molecular weight excluding hydrogens is 208 g/mol. The van der Waals surface area contributed by atoms with Crippen molar-refractivity contribution in [3.8, 4) is 0 Å². The van der Waals surface area contributed by atoms with E-state index in [2.05, 4.69) is 45.0 Å². The molecule has 1 aromatic carbocycles. The van der Waals surface area contributed by atoms with E-state index < -0.39 is 5.60 Å². The van der Waals surface area contributed by atoms with Crippen molar-refractivity contribution in [2.75, 3.05) is 0 Å². The van der Waals surface area contributed by atoms with Crippen LogP contribution in [0.2, 0.25) is 0 Å². The van der Waals surface area contributed by atoms with E-state index in [0.717, 1.165) is 19.3 Å². The Labute approximate surface area is 105 Å². The number of benzene rings is 1. The average molecular weight is 232 g/mol. The van der Waals surface area contributed by atoms with Crippen LogP contribution in [0.3, 0.4) is 0 Å². The van der Waals surface area contributed by atoms with Gasteiger partial charge in [0, 0.05) is 0 Å². The fraction of sp³-hybridized carbons (Fsp3) is 0.625. The summed E-state index contributed by atoms with van der Waals surface area (Å²) in [7, 11) is 0. The molecule has 1 N–H and O–H groups in total. The molecule has 2 rings (SSSR count). The van der Waals surface area contributed by atoms with Gasteiger partial charge in [-0.05, 0) is 50.0 Å². The van der Waals surface area contributed by atoms with Crippen LogP contribution in [-0.2, 0) is 0 Å². The fourth-order valence-corrected chi connectivity index (χ4v) is 3.46. The highest BCUT2D eigenvalue weighted by Crippen LogP contribution is 2.50. The van der Waals surface area contributed by atoms with Crippen LogP contribution in [0.1, 0.15) is 57.1 Å². The number of hydrogen-bond acceptors (Lipinski definition) is 1. The van der Waals surface area contributed by atoms with E-state index in [4.69, 9.17) is 0 Å². The van der Waals surface area contributed by atoms with Gasteiger partial charge in [0.25, 0.3) is 0 Å². The molecule has 1 aliphatic rings. The van der Waals surface area contributed by atoms with Crippen molar-refractivity contribution in [3.05, 3.63) is 35.4 Å². The molecule has 17 heavy (non-hydrogen) atoms. The van der Waals surface area contributed by atoms with E-state index in [-0.39, 0.29) is 5.41 Å². The molecule has 1 nitrogen and oxygen atoms in total.